The lowest BCUT2D eigenvalue weighted by Crippen LogP contribution is -2.23. The van der Waals surface area contributed by atoms with Gasteiger partial charge >= 0.3 is 0 Å². The van der Waals surface area contributed by atoms with Gasteiger partial charge < -0.3 is 9.32 Å². The summed E-state index contributed by atoms with van der Waals surface area (Å²) in [6, 6.07) is 73.0. The summed E-state index contributed by atoms with van der Waals surface area (Å²) in [5, 5.41) is 4.81. The highest BCUT2D eigenvalue weighted by Crippen LogP contribution is 2.57. The third-order valence-corrected chi connectivity index (χ3v) is 13.0. The number of furan rings is 1. The SMILES string of the molecule is CCC1(CC)c2ccccc2-c2c1cc1ccccc1c2-c1ccc(N(c2ccc3c(c2)oc2ccccc23)c2ccccc2-c2ccccc2-c2ccccc2)cc1. The van der Waals surface area contributed by atoms with E-state index in [0.717, 1.165) is 57.4 Å². The van der Waals surface area contributed by atoms with E-state index < -0.39 is 0 Å². The van der Waals surface area contributed by atoms with Gasteiger partial charge in [-0.2, -0.15) is 0 Å². The van der Waals surface area contributed by atoms with Crippen molar-refractivity contribution in [2.45, 2.75) is 32.1 Å². The van der Waals surface area contributed by atoms with Gasteiger partial charge in [0.05, 0.1) is 5.69 Å². The summed E-state index contributed by atoms with van der Waals surface area (Å²) in [7, 11) is 0. The van der Waals surface area contributed by atoms with Crippen molar-refractivity contribution < 1.29 is 4.42 Å². The molecule has 9 aromatic carbocycles. The Labute approximate surface area is 345 Å². The van der Waals surface area contributed by atoms with E-state index in [2.05, 4.69) is 213 Å². The molecular formula is C57H43NO. The van der Waals surface area contributed by atoms with Gasteiger partial charge in [0.25, 0.3) is 0 Å². The molecule has 0 spiro atoms. The van der Waals surface area contributed by atoms with E-state index in [4.69, 9.17) is 4.42 Å². The highest BCUT2D eigenvalue weighted by molar-refractivity contribution is 6.09. The number of fused-ring (bicyclic) bond motifs is 7. The molecule has 0 N–H and O–H groups in total. The third-order valence-electron chi connectivity index (χ3n) is 13.0. The number of anilines is 3. The molecule has 0 unspecified atom stereocenters. The molecule has 0 radical (unpaired) electrons. The largest absolute Gasteiger partial charge is 0.456 e. The maximum Gasteiger partial charge on any atom is 0.137 e. The summed E-state index contributed by atoms with van der Waals surface area (Å²) < 4.78 is 6.50. The van der Waals surface area contributed by atoms with E-state index in [1.807, 2.05) is 6.07 Å². The van der Waals surface area contributed by atoms with Crippen molar-refractivity contribution >= 4 is 49.8 Å². The standard InChI is InChI=1S/C57H43NO/c1-3-57(4-2)50-27-15-12-26-49(50)56-51(57)36-40-20-8-9-22-44(40)55(56)39-30-32-41(33-31-39)58(42-34-35-48-47-25-14-17-29-53(47)59-54(48)37-42)52-28-16-13-24-46(52)45-23-11-10-21-43(45)38-18-6-5-7-19-38/h5-37H,3-4H2,1-2H3. The van der Waals surface area contributed by atoms with Gasteiger partial charge in [-0.05, 0) is 116 Å². The molecule has 0 saturated carbocycles. The van der Waals surface area contributed by atoms with Gasteiger partial charge in [0.1, 0.15) is 11.2 Å². The first kappa shape index (κ1) is 35.0. The van der Waals surface area contributed by atoms with Crippen LogP contribution in [0.3, 0.4) is 0 Å². The van der Waals surface area contributed by atoms with Crippen molar-refractivity contribution in [1.29, 1.82) is 0 Å². The number of hydrogen-bond donors (Lipinski definition) is 0. The van der Waals surface area contributed by atoms with Gasteiger partial charge in [-0.3, -0.25) is 0 Å². The second-order valence-corrected chi connectivity index (χ2v) is 15.8. The molecular weight excluding hydrogens is 715 g/mol. The van der Waals surface area contributed by atoms with Crippen LogP contribution in [0.15, 0.2) is 205 Å². The molecule has 0 bridgehead atoms. The Balaban J connectivity index is 1.13. The monoisotopic (exact) mass is 757 g/mol. The van der Waals surface area contributed by atoms with Crippen molar-refractivity contribution in [2.75, 3.05) is 4.90 Å². The van der Waals surface area contributed by atoms with Gasteiger partial charge in [0.2, 0.25) is 0 Å². The highest BCUT2D eigenvalue weighted by Gasteiger charge is 2.42. The van der Waals surface area contributed by atoms with Crippen LogP contribution in [0, 0.1) is 0 Å². The highest BCUT2D eigenvalue weighted by atomic mass is 16.3. The minimum Gasteiger partial charge on any atom is -0.456 e. The van der Waals surface area contributed by atoms with Crippen molar-refractivity contribution in [3.8, 4) is 44.5 Å². The fourth-order valence-corrected chi connectivity index (χ4v) is 10.1. The maximum absolute atomic E-state index is 6.50. The molecule has 1 aromatic heterocycles. The molecule has 11 rings (SSSR count). The zero-order valence-electron chi connectivity index (χ0n) is 33.3. The van der Waals surface area contributed by atoms with Crippen molar-refractivity contribution in [1.82, 2.24) is 0 Å². The van der Waals surface area contributed by atoms with Gasteiger partial charge in [0.15, 0.2) is 0 Å². The zero-order chi connectivity index (χ0) is 39.5. The van der Waals surface area contributed by atoms with Crippen molar-refractivity contribution in [2.24, 2.45) is 0 Å². The van der Waals surface area contributed by atoms with Gasteiger partial charge in [-0.1, -0.05) is 166 Å². The molecule has 10 aromatic rings. The Bertz CT molecular complexity index is 3190. The second kappa shape index (κ2) is 14.0. The van der Waals surface area contributed by atoms with E-state index in [1.165, 1.54) is 60.8 Å². The summed E-state index contributed by atoms with van der Waals surface area (Å²) in [6.45, 7) is 4.71. The molecule has 0 fully saturated rings. The quantitative estimate of drug-likeness (QED) is 0.153. The number of benzene rings is 9. The van der Waals surface area contributed by atoms with Gasteiger partial charge in [0, 0.05) is 39.2 Å². The number of hydrogen-bond acceptors (Lipinski definition) is 2. The van der Waals surface area contributed by atoms with Crippen LogP contribution in [0.5, 0.6) is 0 Å². The molecule has 2 heteroatoms. The molecule has 0 aliphatic heterocycles. The van der Waals surface area contributed by atoms with E-state index in [9.17, 15) is 0 Å². The Morgan fingerprint density at radius 3 is 1.81 bits per heavy atom. The van der Waals surface area contributed by atoms with Crippen LogP contribution in [0.1, 0.15) is 37.8 Å². The van der Waals surface area contributed by atoms with E-state index in [-0.39, 0.29) is 5.41 Å². The van der Waals surface area contributed by atoms with E-state index >= 15 is 0 Å². The van der Waals surface area contributed by atoms with E-state index in [0.29, 0.717) is 0 Å². The van der Waals surface area contributed by atoms with Gasteiger partial charge in [-0.25, -0.2) is 0 Å². The first-order chi connectivity index (χ1) is 29.2. The fraction of sp³-hybridized carbons (Fsp3) is 0.0877. The number of nitrogens with zero attached hydrogens (tertiary/aromatic N) is 1. The van der Waals surface area contributed by atoms with Crippen LogP contribution in [-0.4, -0.2) is 0 Å². The van der Waals surface area contributed by atoms with Crippen LogP contribution in [0.2, 0.25) is 0 Å². The number of para-hydroxylation sites is 2. The lowest BCUT2D eigenvalue weighted by molar-refractivity contribution is 0.491. The van der Waals surface area contributed by atoms with Crippen molar-refractivity contribution in [3.63, 3.8) is 0 Å². The topological polar surface area (TPSA) is 16.4 Å². The minimum absolute atomic E-state index is 0.0174. The lowest BCUT2D eigenvalue weighted by atomic mass is 9.73. The van der Waals surface area contributed by atoms with Crippen LogP contribution in [0.4, 0.5) is 17.1 Å². The Kier molecular flexibility index (Phi) is 8.34. The minimum atomic E-state index is -0.0174. The maximum atomic E-state index is 6.50. The molecule has 2 nitrogen and oxygen atoms in total. The predicted octanol–water partition coefficient (Wildman–Crippen LogP) is 16.3. The summed E-state index contributed by atoms with van der Waals surface area (Å²) in [4.78, 5) is 2.40. The summed E-state index contributed by atoms with van der Waals surface area (Å²) in [5.74, 6) is 0. The van der Waals surface area contributed by atoms with Crippen LogP contribution in [-0.2, 0) is 5.41 Å². The second-order valence-electron chi connectivity index (χ2n) is 15.8. The molecule has 1 aliphatic carbocycles. The predicted molar refractivity (Wildman–Crippen MR) is 249 cm³/mol. The molecule has 59 heavy (non-hydrogen) atoms. The molecule has 0 atom stereocenters. The smallest absolute Gasteiger partial charge is 0.137 e. The Morgan fingerprint density at radius 2 is 1.02 bits per heavy atom. The third kappa shape index (κ3) is 5.47. The average Bonchev–Trinajstić information content (AvgIpc) is 3.82. The number of rotatable bonds is 8. The molecule has 0 saturated heterocycles. The summed E-state index contributed by atoms with van der Waals surface area (Å²) in [6.07, 6.45) is 2.11. The first-order valence-electron chi connectivity index (χ1n) is 20.9. The fourth-order valence-electron chi connectivity index (χ4n) is 10.1. The van der Waals surface area contributed by atoms with Crippen LogP contribution in [0.25, 0.3) is 77.2 Å². The average molecular weight is 758 g/mol. The molecule has 1 aliphatic rings. The zero-order valence-corrected chi connectivity index (χ0v) is 33.3. The lowest BCUT2D eigenvalue weighted by Gasteiger charge is -2.30. The first-order valence-corrected chi connectivity index (χ1v) is 20.9. The molecule has 0 amide bonds. The van der Waals surface area contributed by atoms with E-state index in [1.54, 1.807) is 0 Å². The summed E-state index contributed by atoms with van der Waals surface area (Å²) in [5.41, 5.74) is 17.8. The Morgan fingerprint density at radius 1 is 0.407 bits per heavy atom. The van der Waals surface area contributed by atoms with Gasteiger partial charge in [-0.15, -0.1) is 0 Å². The van der Waals surface area contributed by atoms with Crippen LogP contribution < -0.4 is 4.90 Å². The summed E-state index contributed by atoms with van der Waals surface area (Å²) >= 11 is 0. The van der Waals surface area contributed by atoms with Crippen LogP contribution >= 0.6 is 0 Å². The normalized spacial score (nSPS) is 12.8. The Hall–Kier alpha value is -7.16. The van der Waals surface area contributed by atoms with Crippen molar-refractivity contribution in [3.05, 3.63) is 211 Å². The molecule has 282 valence electrons. The molecule has 1 heterocycles.